The lowest BCUT2D eigenvalue weighted by Gasteiger charge is -2.13. The Morgan fingerprint density at radius 1 is 1.18 bits per heavy atom. The maximum atomic E-state index is 11.5. The molecule has 5 heteroatoms. The first-order chi connectivity index (χ1) is 8.13. The van der Waals surface area contributed by atoms with Crippen molar-refractivity contribution in [3.05, 3.63) is 35.9 Å². The molecule has 0 bridgehead atoms. The molecular weight excluding hydrogens is 224 g/mol. The average molecular weight is 238 g/mol. The molecule has 1 aromatic carbocycles. The third-order valence-electron chi connectivity index (χ3n) is 1.81. The molecular formula is C12H14O5. The molecule has 0 heterocycles. The fraction of sp³-hybridized carbons (Fsp3) is 0.333. The van der Waals surface area contributed by atoms with Gasteiger partial charge in [-0.1, -0.05) is 18.2 Å². The van der Waals surface area contributed by atoms with Crippen LogP contribution in [0.4, 0.5) is 4.79 Å². The minimum absolute atomic E-state index is 0.207. The van der Waals surface area contributed by atoms with Crippen molar-refractivity contribution in [3.63, 3.8) is 0 Å². The number of ether oxygens (including phenoxy) is 3. The van der Waals surface area contributed by atoms with E-state index in [1.54, 1.807) is 37.3 Å². The summed E-state index contributed by atoms with van der Waals surface area (Å²) in [4.78, 5) is 22.5. The van der Waals surface area contributed by atoms with Gasteiger partial charge in [0.25, 0.3) is 0 Å². The summed E-state index contributed by atoms with van der Waals surface area (Å²) < 4.78 is 14.1. The van der Waals surface area contributed by atoms with Gasteiger partial charge in [0.15, 0.2) is 0 Å². The van der Waals surface area contributed by atoms with E-state index in [1.807, 2.05) is 0 Å². The maximum Gasteiger partial charge on any atom is 0.511 e. The third kappa shape index (κ3) is 4.55. The summed E-state index contributed by atoms with van der Waals surface area (Å²) in [6.07, 6.45) is -1.84. The fourth-order valence-corrected chi connectivity index (χ4v) is 1.10. The SMILES string of the molecule is CCOC(=O)OC(C)OC(=O)c1ccccc1. The number of hydrogen-bond donors (Lipinski definition) is 0. The van der Waals surface area contributed by atoms with Gasteiger partial charge in [-0.25, -0.2) is 9.59 Å². The van der Waals surface area contributed by atoms with Crippen LogP contribution in [0.25, 0.3) is 0 Å². The largest absolute Gasteiger partial charge is 0.511 e. The van der Waals surface area contributed by atoms with Gasteiger partial charge in [-0.15, -0.1) is 0 Å². The summed E-state index contributed by atoms with van der Waals surface area (Å²) >= 11 is 0. The molecule has 0 saturated heterocycles. The van der Waals surface area contributed by atoms with Gasteiger partial charge >= 0.3 is 12.1 Å². The van der Waals surface area contributed by atoms with Crippen LogP contribution in [0, 0.1) is 0 Å². The molecule has 0 aliphatic rings. The van der Waals surface area contributed by atoms with Crippen molar-refractivity contribution in [2.45, 2.75) is 20.1 Å². The number of carbonyl (C=O) groups excluding carboxylic acids is 2. The summed E-state index contributed by atoms with van der Waals surface area (Å²) in [5, 5.41) is 0. The average Bonchev–Trinajstić information content (AvgIpc) is 2.30. The Morgan fingerprint density at radius 2 is 1.82 bits per heavy atom. The lowest BCUT2D eigenvalue weighted by molar-refractivity contribution is -0.0811. The fourth-order valence-electron chi connectivity index (χ4n) is 1.10. The van der Waals surface area contributed by atoms with Crippen LogP contribution in [0.3, 0.4) is 0 Å². The van der Waals surface area contributed by atoms with Crippen molar-refractivity contribution in [1.82, 2.24) is 0 Å². The Kier molecular flexibility index (Phi) is 5.00. The molecule has 0 saturated carbocycles. The van der Waals surface area contributed by atoms with Crippen LogP contribution < -0.4 is 0 Å². The predicted octanol–water partition coefficient (Wildman–Crippen LogP) is 2.36. The molecule has 0 N–H and O–H groups in total. The van der Waals surface area contributed by atoms with Crippen LogP contribution in [0.1, 0.15) is 24.2 Å². The molecule has 0 fully saturated rings. The van der Waals surface area contributed by atoms with Crippen molar-refractivity contribution in [2.75, 3.05) is 6.61 Å². The molecule has 1 aromatic rings. The van der Waals surface area contributed by atoms with Crippen molar-refractivity contribution in [3.8, 4) is 0 Å². The van der Waals surface area contributed by atoms with Gasteiger partial charge in [0.1, 0.15) is 0 Å². The van der Waals surface area contributed by atoms with Crippen LogP contribution in [0.2, 0.25) is 0 Å². The lowest BCUT2D eigenvalue weighted by atomic mass is 10.2. The molecule has 92 valence electrons. The quantitative estimate of drug-likeness (QED) is 0.595. The zero-order valence-electron chi connectivity index (χ0n) is 9.71. The van der Waals surface area contributed by atoms with E-state index in [9.17, 15) is 9.59 Å². The van der Waals surface area contributed by atoms with E-state index in [2.05, 4.69) is 9.47 Å². The molecule has 0 aliphatic carbocycles. The van der Waals surface area contributed by atoms with Crippen LogP contribution in [0.15, 0.2) is 30.3 Å². The summed E-state index contributed by atoms with van der Waals surface area (Å²) in [5.41, 5.74) is 0.395. The van der Waals surface area contributed by atoms with E-state index in [0.29, 0.717) is 5.56 Å². The summed E-state index contributed by atoms with van der Waals surface area (Å²) in [6, 6.07) is 8.44. The van der Waals surface area contributed by atoms with Gasteiger partial charge in [-0.2, -0.15) is 0 Å². The number of carbonyl (C=O) groups is 2. The van der Waals surface area contributed by atoms with E-state index >= 15 is 0 Å². The lowest BCUT2D eigenvalue weighted by Crippen LogP contribution is -2.22. The molecule has 5 nitrogen and oxygen atoms in total. The monoisotopic (exact) mass is 238 g/mol. The van der Waals surface area contributed by atoms with E-state index in [0.717, 1.165) is 0 Å². The Bertz CT molecular complexity index is 374. The minimum atomic E-state index is -0.984. The van der Waals surface area contributed by atoms with E-state index < -0.39 is 18.4 Å². The van der Waals surface area contributed by atoms with Gasteiger partial charge < -0.3 is 14.2 Å². The molecule has 0 radical (unpaired) electrons. The van der Waals surface area contributed by atoms with Crippen LogP contribution >= 0.6 is 0 Å². The smallest absolute Gasteiger partial charge is 0.435 e. The summed E-state index contributed by atoms with van der Waals surface area (Å²) in [6.45, 7) is 3.30. The van der Waals surface area contributed by atoms with Crippen LogP contribution in [-0.4, -0.2) is 25.0 Å². The zero-order valence-corrected chi connectivity index (χ0v) is 9.71. The zero-order chi connectivity index (χ0) is 12.7. The Balaban J connectivity index is 2.44. The highest BCUT2D eigenvalue weighted by atomic mass is 16.8. The first-order valence-corrected chi connectivity index (χ1v) is 5.23. The second-order valence-electron chi connectivity index (χ2n) is 3.14. The van der Waals surface area contributed by atoms with Crippen molar-refractivity contribution in [2.24, 2.45) is 0 Å². The van der Waals surface area contributed by atoms with Gasteiger partial charge in [0.05, 0.1) is 12.2 Å². The normalized spacial score (nSPS) is 11.4. The van der Waals surface area contributed by atoms with E-state index in [-0.39, 0.29) is 6.61 Å². The number of rotatable bonds is 4. The van der Waals surface area contributed by atoms with Crippen molar-refractivity contribution >= 4 is 12.1 Å². The molecule has 0 spiro atoms. The number of esters is 1. The highest BCUT2D eigenvalue weighted by Gasteiger charge is 2.15. The Hall–Kier alpha value is -2.04. The summed E-state index contributed by atoms with van der Waals surface area (Å²) in [5.74, 6) is -0.553. The van der Waals surface area contributed by atoms with Crippen LogP contribution in [0.5, 0.6) is 0 Å². The van der Waals surface area contributed by atoms with Gasteiger partial charge in [-0.05, 0) is 19.1 Å². The predicted molar refractivity (Wildman–Crippen MR) is 59.4 cm³/mol. The molecule has 1 unspecified atom stereocenters. The first kappa shape index (κ1) is 13.0. The highest BCUT2D eigenvalue weighted by Crippen LogP contribution is 2.05. The molecule has 0 aromatic heterocycles. The first-order valence-electron chi connectivity index (χ1n) is 5.23. The van der Waals surface area contributed by atoms with E-state index in [4.69, 9.17) is 4.74 Å². The third-order valence-corrected chi connectivity index (χ3v) is 1.81. The Morgan fingerprint density at radius 3 is 2.41 bits per heavy atom. The highest BCUT2D eigenvalue weighted by molar-refractivity contribution is 5.89. The van der Waals surface area contributed by atoms with Crippen molar-refractivity contribution < 1.29 is 23.8 Å². The second-order valence-corrected chi connectivity index (χ2v) is 3.14. The molecule has 1 rings (SSSR count). The minimum Gasteiger partial charge on any atom is -0.435 e. The standard InChI is InChI=1S/C12H14O5/c1-3-15-12(14)17-9(2)16-11(13)10-7-5-4-6-8-10/h4-9H,3H2,1-2H3. The van der Waals surface area contributed by atoms with E-state index in [1.165, 1.54) is 6.92 Å². The van der Waals surface area contributed by atoms with Gasteiger partial charge in [0, 0.05) is 6.92 Å². The number of benzene rings is 1. The molecule has 0 amide bonds. The molecule has 1 atom stereocenters. The van der Waals surface area contributed by atoms with Gasteiger partial charge in [-0.3, -0.25) is 0 Å². The second kappa shape index (κ2) is 6.52. The Labute approximate surface area is 99.3 Å². The van der Waals surface area contributed by atoms with Crippen LogP contribution in [-0.2, 0) is 14.2 Å². The molecule has 0 aliphatic heterocycles. The van der Waals surface area contributed by atoms with Crippen molar-refractivity contribution in [1.29, 1.82) is 0 Å². The molecule has 17 heavy (non-hydrogen) atoms. The number of hydrogen-bond acceptors (Lipinski definition) is 5. The summed E-state index contributed by atoms with van der Waals surface area (Å²) in [7, 11) is 0. The maximum absolute atomic E-state index is 11.5. The van der Waals surface area contributed by atoms with Gasteiger partial charge in [0.2, 0.25) is 6.29 Å². The topological polar surface area (TPSA) is 61.8 Å².